The summed E-state index contributed by atoms with van der Waals surface area (Å²) in [4.78, 5) is 13.9. The number of nitrogen functional groups attached to an aromatic ring is 1. The Labute approximate surface area is 118 Å². The first kappa shape index (κ1) is 14.0. The molecular formula is C14H20ClN3O. The molecule has 2 atom stereocenters. The SMILES string of the molecule is CC1CCCC(C)N1c1c(Cl)cc(N)cc1C(N)=O. The first-order valence-corrected chi connectivity index (χ1v) is 6.96. The van der Waals surface area contributed by atoms with Crippen molar-refractivity contribution in [2.75, 3.05) is 10.6 Å². The van der Waals surface area contributed by atoms with Crippen molar-refractivity contribution in [2.45, 2.75) is 45.2 Å². The van der Waals surface area contributed by atoms with E-state index in [0.717, 1.165) is 18.5 Å². The first-order chi connectivity index (χ1) is 8.91. The lowest BCUT2D eigenvalue weighted by Gasteiger charge is -2.42. The smallest absolute Gasteiger partial charge is 0.250 e. The fraction of sp³-hybridized carbons (Fsp3) is 0.500. The predicted octanol–water partition coefficient (Wildman–Crippen LogP) is 2.79. The molecule has 1 amide bonds. The van der Waals surface area contributed by atoms with Crippen LogP contribution in [0.25, 0.3) is 0 Å². The second-order valence-corrected chi connectivity index (χ2v) is 5.71. The standard InChI is InChI=1S/C14H20ClN3O/c1-8-4-3-5-9(2)18(8)13-11(14(17)19)6-10(16)7-12(13)15/h6-9H,3-5,16H2,1-2H3,(H2,17,19). The van der Waals surface area contributed by atoms with E-state index in [1.165, 1.54) is 6.42 Å². The number of halogens is 1. The lowest BCUT2D eigenvalue weighted by atomic mass is 9.95. The molecule has 4 N–H and O–H groups in total. The van der Waals surface area contributed by atoms with Gasteiger partial charge in [0.2, 0.25) is 0 Å². The van der Waals surface area contributed by atoms with Crippen molar-refractivity contribution < 1.29 is 4.79 Å². The van der Waals surface area contributed by atoms with E-state index in [9.17, 15) is 4.79 Å². The van der Waals surface area contributed by atoms with Gasteiger partial charge in [0, 0.05) is 17.8 Å². The van der Waals surface area contributed by atoms with E-state index in [1.807, 2.05) is 0 Å². The molecule has 4 nitrogen and oxygen atoms in total. The average molecular weight is 282 g/mol. The summed E-state index contributed by atoms with van der Waals surface area (Å²) >= 11 is 6.31. The Morgan fingerprint density at radius 3 is 2.42 bits per heavy atom. The molecule has 1 fully saturated rings. The molecule has 1 heterocycles. The number of primary amides is 1. The molecule has 1 aliphatic heterocycles. The summed E-state index contributed by atoms with van der Waals surface area (Å²) < 4.78 is 0. The van der Waals surface area contributed by atoms with Crippen molar-refractivity contribution in [3.05, 3.63) is 22.7 Å². The number of nitrogens with zero attached hydrogens (tertiary/aromatic N) is 1. The molecule has 0 aromatic heterocycles. The lowest BCUT2D eigenvalue weighted by molar-refractivity contribution is 0.100. The number of nitrogens with two attached hydrogens (primary N) is 2. The van der Waals surface area contributed by atoms with Gasteiger partial charge in [-0.25, -0.2) is 0 Å². The number of piperidine rings is 1. The minimum Gasteiger partial charge on any atom is -0.399 e. The van der Waals surface area contributed by atoms with Crippen molar-refractivity contribution in [1.29, 1.82) is 0 Å². The number of benzene rings is 1. The van der Waals surface area contributed by atoms with Crippen LogP contribution in [-0.4, -0.2) is 18.0 Å². The van der Waals surface area contributed by atoms with Crippen LogP contribution in [0, 0.1) is 0 Å². The maximum absolute atomic E-state index is 11.7. The number of rotatable bonds is 2. The van der Waals surface area contributed by atoms with Gasteiger partial charge in [0.05, 0.1) is 16.3 Å². The minimum atomic E-state index is -0.492. The maximum atomic E-state index is 11.7. The van der Waals surface area contributed by atoms with Crippen molar-refractivity contribution in [2.24, 2.45) is 5.73 Å². The third-order valence-corrected chi connectivity index (χ3v) is 4.09. The van der Waals surface area contributed by atoms with Crippen molar-refractivity contribution in [3.63, 3.8) is 0 Å². The molecule has 0 radical (unpaired) electrons. The fourth-order valence-corrected chi connectivity index (χ4v) is 3.26. The Kier molecular flexibility index (Phi) is 3.90. The summed E-state index contributed by atoms with van der Waals surface area (Å²) in [7, 11) is 0. The molecular weight excluding hydrogens is 262 g/mol. The van der Waals surface area contributed by atoms with E-state index >= 15 is 0 Å². The summed E-state index contributed by atoms with van der Waals surface area (Å²) in [6.07, 6.45) is 3.36. The quantitative estimate of drug-likeness (QED) is 0.819. The van der Waals surface area contributed by atoms with Crippen molar-refractivity contribution in [1.82, 2.24) is 0 Å². The largest absolute Gasteiger partial charge is 0.399 e. The molecule has 104 valence electrons. The maximum Gasteiger partial charge on any atom is 0.250 e. The number of carbonyl (C=O) groups is 1. The third-order valence-electron chi connectivity index (χ3n) is 3.80. The zero-order valence-corrected chi connectivity index (χ0v) is 12.1. The second kappa shape index (κ2) is 5.29. The average Bonchev–Trinajstić information content (AvgIpc) is 2.30. The van der Waals surface area contributed by atoms with Gasteiger partial charge in [-0.2, -0.15) is 0 Å². The Morgan fingerprint density at radius 2 is 1.89 bits per heavy atom. The van der Waals surface area contributed by atoms with Crippen LogP contribution < -0.4 is 16.4 Å². The molecule has 2 unspecified atom stereocenters. The summed E-state index contributed by atoms with van der Waals surface area (Å²) in [5.74, 6) is -0.492. The summed E-state index contributed by atoms with van der Waals surface area (Å²) in [6, 6.07) is 3.96. The molecule has 1 aliphatic rings. The molecule has 2 rings (SSSR count). The van der Waals surface area contributed by atoms with Gasteiger partial charge in [-0.05, 0) is 45.2 Å². The third kappa shape index (κ3) is 2.63. The van der Waals surface area contributed by atoms with Crippen molar-refractivity contribution >= 4 is 28.9 Å². The van der Waals surface area contributed by atoms with Crippen LogP contribution in [0.3, 0.4) is 0 Å². The van der Waals surface area contributed by atoms with Gasteiger partial charge < -0.3 is 16.4 Å². The molecule has 0 bridgehead atoms. The van der Waals surface area contributed by atoms with Crippen molar-refractivity contribution in [3.8, 4) is 0 Å². The van der Waals surface area contributed by atoms with Crippen LogP contribution in [0.5, 0.6) is 0 Å². The highest BCUT2D eigenvalue weighted by Crippen LogP contribution is 2.38. The first-order valence-electron chi connectivity index (χ1n) is 6.59. The van der Waals surface area contributed by atoms with E-state index in [4.69, 9.17) is 23.1 Å². The van der Waals surface area contributed by atoms with E-state index in [0.29, 0.717) is 28.4 Å². The highest BCUT2D eigenvalue weighted by Gasteiger charge is 2.29. The zero-order valence-electron chi connectivity index (χ0n) is 11.3. The molecule has 0 spiro atoms. The number of anilines is 2. The molecule has 0 saturated carbocycles. The molecule has 1 aromatic rings. The summed E-state index contributed by atoms with van der Waals surface area (Å²) in [6.45, 7) is 4.29. The predicted molar refractivity (Wildman–Crippen MR) is 79.6 cm³/mol. The Balaban J connectivity index is 2.56. The fourth-order valence-electron chi connectivity index (χ4n) is 2.93. The van der Waals surface area contributed by atoms with E-state index < -0.39 is 5.91 Å². The molecule has 19 heavy (non-hydrogen) atoms. The monoisotopic (exact) mass is 281 g/mol. The highest BCUT2D eigenvalue weighted by molar-refractivity contribution is 6.34. The van der Waals surface area contributed by atoms with E-state index in [-0.39, 0.29) is 0 Å². The van der Waals surface area contributed by atoms with Crippen LogP contribution in [0.2, 0.25) is 5.02 Å². The second-order valence-electron chi connectivity index (χ2n) is 5.30. The normalized spacial score (nSPS) is 23.4. The minimum absolute atomic E-state index is 0.336. The molecule has 0 aliphatic carbocycles. The van der Waals surface area contributed by atoms with Gasteiger partial charge in [0.25, 0.3) is 5.91 Å². The van der Waals surface area contributed by atoms with Gasteiger partial charge in [-0.1, -0.05) is 11.6 Å². The van der Waals surface area contributed by atoms with Crippen LogP contribution >= 0.6 is 11.6 Å². The van der Waals surface area contributed by atoms with Gasteiger partial charge in [0.15, 0.2) is 0 Å². The molecule has 1 saturated heterocycles. The van der Waals surface area contributed by atoms with Crippen LogP contribution in [0.4, 0.5) is 11.4 Å². The van der Waals surface area contributed by atoms with Crippen LogP contribution in [-0.2, 0) is 0 Å². The van der Waals surface area contributed by atoms with E-state index in [1.54, 1.807) is 12.1 Å². The number of hydrogen-bond acceptors (Lipinski definition) is 3. The van der Waals surface area contributed by atoms with Gasteiger partial charge >= 0.3 is 0 Å². The number of amides is 1. The van der Waals surface area contributed by atoms with Gasteiger partial charge in [-0.15, -0.1) is 0 Å². The highest BCUT2D eigenvalue weighted by atomic mass is 35.5. The Morgan fingerprint density at radius 1 is 1.32 bits per heavy atom. The number of hydrogen-bond donors (Lipinski definition) is 2. The molecule has 5 heteroatoms. The van der Waals surface area contributed by atoms with Crippen LogP contribution in [0.1, 0.15) is 43.5 Å². The summed E-state index contributed by atoms with van der Waals surface area (Å²) in [5.41, 5.74) is 12.8. The zero-order chi connectivity index (χ0) is 14.2. The van der Waals surface area contributed by atoms with Gasteiger partial charge in [-0.3, -0.25) is 4.79 Å². The Hall–Kier alpha value is -1.42. The topological polar surface area (TPSA) is 72.3 Å². The molecule has 1 aromatic carbocycles. The van der Waals surface area contributed by atoms with Gasteiger partial charge in [0.1, 0.15) is 0 Å². The van der Waals surface area contributed by atoms with E-state index in [2.05, 4.69) is 18.7 Å². The van der Waals surface area contributed by atoms with Crippen LogP contribution in [0.15, 0.2) is 12.1 Å². The lowest BCUT2D eigenvalue weighted by Crippen LogP contribution is -2.45. The summed E-state index contributed by atoms with van der Waals surface area (Å²) in [5, 5.41) is 0.495. The Bertz CT molecular complexity index is 494. The number of carbonyl (C=O) groups excluding carboxylic acids is 1.